The highest BCUT2D eigenvalue weighted by molar-refractivity contribution is 5.75. The number of rotatable bonds is 10. The van der Waals surface area contributed by atoms with Gasteiger partial charge in [-0.05, 0) is 71.0 Å². The van der Waals surface area contributed by atoms with Crippen molar-refractivity contribution in [1.29, 1.82) is 0 Å². The Bertz CT molecular complexity index is 889. The van der Waals surface area contributed by atoms with Crippen LogP contribution in [0.3, 0.4) is 0 Å². The minimum absolute atomic E-state index is 0.0192. The van der Waals surface area contributed by atoms with E-state index in [0.29, 0.717) is 12.2 Å². The molecule has 1 fully saturated rings. The number of benzene rings is 2. The van der Waals surface area contributed by atoms with E-state index in [4.69, 9.17) is 9.47 Å². The van der Waals surface area contributed by atoms with E-state index in [2.05, 4.69) is 65.8 Å². The first-order valence-electron chi connectivity index (χ1n) is 11.2. The van der Waals surface area contributed by atoms with Gasteiger partial charge in [-0.2, -0.15) is 0 Å². The molecule has 1 heterocycles. The molecule has 3 rings (SSSR count). The van der Waals surface area contributed by atoms with Crippen molar-refractivity contribution in [2.75, 3.05) is 6.61 Å². The summed E-state index contributed by atoms with van der Waals surface area (Å²) in [4.78, 5) is 11.4. The van der Waals surface area contributed by atoms with Gasteiger partial charge < -0.3 is 9.47 Å². The van der Waals surface area contributed by atoms with Gasteiger partial charge >= 0.3 is 0 Å². The van der Waals surface area contributed by atoms with Crippen molar-refractivity contribution < 1.29 is 14.3 Å². The van der Waals surface area contributed by atoms with Crippen molar-refractivity contribution in [3.05, 3.63) is 64.2 Å². The highest BCUT2D eigenvalue weighted by Crippen LogP contribution is 2.40. The zero-order valence-electron chi connectivity index (χ0n) is 19.4. The first kappa shape index (κ1) is 22.6. The molecule has 0 saturated carbocycles. The van der Waals surface area contributed by atoms with Crippen LogP contribution in [-0.4, -0.2) is 12.9 Å². The molecule has 1 unspecified atom stereocenters. The van der Waals surface area contributed by atoms with E-state index in [1.807, 2.05) is 12.1 Å². The summed E-state index contributed by atoms with van der Waals surface area (Å²) in [5, 5.41) is 0. The summed E-state index contributed by atoms with van der Waals surface area (Å²) >= 11 is 0. The highest BCUT2D eigenvalue weighted by Gasteiger charge is 2.28. The van der Waals surface area contributed by atoms with Crippen LogP contribution >= 0.6 is 0 Å². The summed E-state index contributed by atoms with van der Waals surface area (Å²) in [6.07, 6.45) is 4.27. The maximum atomic E-state index is 11.4. The molecule has 0 amide bonds. The van der Waals surface area contributed by atoms with Crippen LogP contribution in [0.5, 0.6) is 5.75 Å². The molecule has 0 aromatic heterocycles. The Kier molecular flexibility index (Phi) is 6.71. The van der Waals surface area contributed by atoms with Crippen molar-refractivity contribution in [3.8, 4) is 5.75 Å². The number of carbonyl (C=O) groups excluding carboxylic acids is 1. The summed E-state index contributed by atoms with van der Waals surface area (Å²) in [6, 6.07) is 12.6. The lowest BCUT2D eigenvalue weighted by molar-refractivity contribution is 0.112. The Labute approximate surface area is 181 Å². The summed E-state index contributed by atoms with van der Waals surface area (Å²) in [7, 11) is 0. The molecule has 0 N–H and O–H groups in total. The number of hydrogen-bond donors (Lipinski definition) is 0. The zero-order valence-corrected chi connectivity index (χ0v) is 19.4. The second kappa shape index (κ2) is 8.93. The maximum Gasteiger partial charge on any atom is 0.150 e. The van der Waals surface area contributed by atoms with Crippen molar-refractivity contribution >= 4 is 6.29 Å². The van der Waals surface area contributed by atoms with E-state index in [9.17, 15) is 4.79 Å². The van der Waals surface area contributed by atoms with Gasteiger partial charge in [0.2, 0.25) is 0 Å². The van der Waals surface area contributed by atoms with Gasteiger partial charge in [0.05, 0.1) is 6.61 Å². The van der Waals surface area contributed by atoms with Gasteiger partial charge in [0.1, 0.15) is 24.7 Å². The Morgan fingerprint density at radius 3 is 2.30 bits per heavy atom. The van der Waals surface area contributed by atoms with E-state index >= 15 is 0 Å². The smallest absolute Gasteiger partial charge is 0.150 e. The van der Waals surface area contributed by atoms with Crippen LogP contribution in [0, 0.1) is 0 Å². The Morgan fingerprint density at radius 1 is 1.03 bits per heavy atom. The monoisotopic (exact) mass is 408 g/mol. The second-order valence-corrected chi connectivity index (χ2v) is 9.45. The lowest BCUT2D eigenvalue weighted by Crippen LogP contribution is -2.23. The lowest BCUT2D eigenvalue weighted by Gasteiger charge is -2.32. The van der Waals surface area contributed by atoms with Crippen LogP contribution < -0.4 is 4.74 Å². The minimum Gasteiger partial charge on any atom is -0.489 e. The maximum absolute atomic E-state index is 11.4. The summed E-state index contributed by atoms with van der Waals surface area (Å²) in [6.45, 7) is 14.8. The number of carbonyl (C=O) groups is 1. The molecule has 0 radical (unpaired) electrons. The molecule has 2 aromatic carbocycles. The third-order valence-corrected chi connectivity index (χ3v) is 7.12. The second-order valence-electron chi connectivity index (χ2n) is 9.45. The average molecular weight is 409 g/mol. The van der Waals surface area contributed by atoms with Crippen molar-refractivity contribution in [2.45, 2.75) is 84.3 Å². The number of hydrogen-bond acceptors (Lipinski definition) is 3. The predicted molar refractivity (Wildman–Crippen MR) is 123 cm³/mol. The molecule has 0 spiro atoms. The quantitative estimate of drug-likeness (QED) is 0.316. The fourth-order valence-electron chi connectivity index (χ4n) is 3.89. The summed E-state index contributed by atoms with van der Waals surface area (Å²) < 4.78 is 11.7. The molecule has 3 nitrogen and oxygen atoms in total. The molecule has 3 heteroatoms. The highest BCUT2D eigenvalue weighted by atomic mass is 16.6. The van der Waals surface area contributed by atoms with Gasteiger partial charge in [0.15, 0.2) is 0 Å². The zero-order chi connectivity index (χ0) is 21.9. The molecule has 2 aromatic rings. The van der Waals surface area contributed by atoms with Crippen molar-refractivity contribution in [1.82, 2.24) is 0 Å². The van der Waals surface area contributed by atoms with E-state index in [0.717, 1.165) is 49.0 Å². The van der Waals surface area contributed by atoms with Crippen LogP contribution in [0.2, 0.25) is 0 Å². The molecule has 1 saturated heterocycles. The van der Waals surface area contributed by atoms with Gasteiger partial charge in [-0.1, -0.05) is 53.7 Å². The van der Waals surface area contributed by atoms with Gasteiger partial charge in [0, 0.05) is 11.1 Å². The van der Waals surface area contributed by atoms with Crippen LogP contribution in [0.15, 0.2) is 36.4 Å². The average Bonchev–Trinajstić information content (AvgIpc) is 3.62. The molecular weight excluding hydrogens is 372 g/mol. The van der Waals surface area contributed by atoms with E-state index in [1.54, 1.807) is 0 Å². The minimum atomic E-state index is 0.0192. The van der Waals surface area contributed by atoms with E-state index < -0.39 is 0 Å². The van der Waals surface area contributed by atoms with E-state index in [-0.39, 0.29) is 16.9 Å². The van der Waals surface area contributed by atoms with Crippen molar-refractivity contribution in [3.63, 3.8) is 0 Å². The van der Waals surface area contributed by atoms with Crippen LogP contribution in [0.25, 0.3) is 0 Å². The molecule has 1 aliphatic heterocycles. The van der Waals surface area contributed by atoms with E-state index in [1.165, 1.54) is 11.1 Å². The number of epoxide rings is 1. The number of ether oxygens (including phenoxy) is 2. The fraction of sp³-hybridized carbons (Fsp3) is 0.519. The molecule has 162 valence electrons. The SMILES string of the molecule is CCC(C)(C)c1cc(C(C)(CC)CC)ccc1OCc1cc(C=O)cc(C2CO2)c1. The van der Waals surface area contributed by atoms with Crippen molar-refractivity contribution in [2.24, 2.45) is 0 Å². The first-order chi connectivity index (χ1) is 14.3. The summed E-state index contributed by atoms with van der Waals surface area (Å²) in [5.74, 6) is 0.931. The Balaban J connectivity index is 1.92. The molecule has 1 aliphatic rings. The fourth-order valence-corrected chi connectivity index (χ4v) is 3.89. The first-order valence-corrected chi connectivity index (χ1v) is 11.2. The molecular formula is C27H36O3. The summed E-state index contributed by atoms with van der Waals surface area (Å²) in [5.41, 5.74) is 5.57. The van der Waals surface area contributed by atoms with Gasteiger partial charge in [0.25, 0.3) is 0 Å². The molecule has 0 bridgehead atoms. The van der Waals surface area contributed by atoms with Gasteiger partial charge in [-0.15, -0.1) is 0 Å². The van der Waals surface area contributed by atoms with Crippen LogP contribution in [0.4, 0.5) is 0 Å². The Hall–Kier alpha value is -2.13. The van der Waals surface area contributed by atoms with Crippen LogP contribution in [0.1, 0.15) is 99.5 Å². The largest absolute Gasteiger partial charge is 0.489 e. The third kappa shape index (κ3) is 4.78. The lowest BCUT2D eigenvalue weighted by atomic mass is 9.74. The Morgan fingerprint density at radius 2 is 1.73 bits per heavy atom. The standard InChI is InChI=1S/C27H36O3/c1-7-26(4,5)23-15-22(27(6,8-2)9-3)10-11-24(23)29-17-20-12-19(16-28)13-21(14-20)25-18-30-25/h10-16,25H,7-9,17-18H2,1-6H3. The number of aldehydes is 1. The normalized spacial score (nSPS) is 16.4. The van der Waals surface area contributed by atoms with Crippen LogP contribution in [-0.2, 0) is 22.2 Å². The molecule has 0 aliphatic carbocycles. The third-order valence-electron chi connectivity index (χ3n) is 7.12. The van der Waals surface area contributed by atoms with Gasteiger partial charge in [-0.3, -0.25) is 4.79 Å². The predicted octanol–water partition coefficient (Wildman–Crippen LogP) is 6.91. The van der Waals surface area contributed by atoms with Gasteiger partial charge in [-0.25, -0.2) is 0 Å². The molecule has 30 heavy (non-hydrogen) atoms. The topological polar surface area (TPSA) is 38.8 Å². The molecule has 1 atom stereocenters.